The summed E-state index contributed by atoms with van der Waals surface area (Å²) in [5.41, 5.74) is 0.806. The van der Waals surface area contributed by atoms with E-state index in [-0.39, 0.29) is 33.2 Å². The highest BCUT2D eigenvalue weighted by Crippen LogP contribution is 2.25. The number of ether oxygens (including phenoxy) is 1. The number of hydrogen-bond acceptors (Lipinski definition) is 5. The van der Waals surface area contributed by atoms with E-state index in [0.717, 1.165) is 6.42 Å². The molecule has 6 nitrogen and oxygen atoms in total. The molecular formula is C21H18ClNO5. The van der Waals surface area contributed by atoms with Gasteiger partial charge in [-0.15, -0.1) is 0 Å². The van der Waals surface area contributed by atoms with Crippen LogP contribution in [0.1, 0.15) is 61.2 Å². The van der Waals surface area contributed by atoms with Gasteiger partial charge in [0.2, 0.25) is 5.78 Å². The van der Waals surface area contributed by atoms with Gasteiger partial charge in [-0.25, -0.2) is 4.79 Å². The van der Waals surface area contributed by atoms with Crippen LogP contribution in [0.3, 0.4) is 0 Å². The fourth-order valence-electron chi connectivity index (χ4n) is 2.92. The maximum absolute atomic E-state index is 12.5. The molecule has 1 aliphatic rings. The molecular weight excluding hydrogens is 382 g/mol. The van der Waals surface area contributed by atoms with Crippen molar-refractivity contribution in [3.63, 3.8) is 0 Å². The summed E-state index contributed by atoms with van der Waals surface area (Å²) in [6, 6.07) is 10.7. The number of amides is 2. The minimum absolute atomic E-state index is 0.101. The second-order valence-electron chi connectivity index (χ2n) is 6.36. The molecule has 2 amide bonds. The Balaban J connectivity index is 1.71. The van der Waals surface area contributed by atoms with E-state index in [4.69, 9.17) is 16.3 Å². The summed E-state index contributed by atoms with van der Waals surface area (Å²) >= 11 is 5.96. The number of unbranched alkanes of at least 4 members (excludes halogenated alkanes) is 1. The van der Waals surface area contributed by atoms with Crippen LogP contribution >= 0.6 is 11.6 Å². The maximum atomic E-state index is 12.5. The van der Waals surface area contributed by atoms with Gasteiger partial charge in [-0.3, -0.25) is 19.3 Å². The zero-order valence-electron chi connectivity index (χ0n) is 15.2. The Morgan fingerprint density at radius 1 is 1.04 bits per heavy atom. The highest BCUT2D eigenvalue weighted by Gasteiger charge is 2.35. The van der Waals surface area contributed by atoms with Gasteiger partial charge in [-0.05, 0) is 36.8 Å². The SMILES string of the molecule is CCCCN1C(=O)c2ccc(C(=O)OCC(=O)c3ccccc3Cl)cc2C1=O. The highest BCUT2D eigenvalue weighted by molar-refractivity contribution is 6.34. The summed E-state index contributed by atoms with van der Waals surface area (Å²) < 4.78 is 5.06. The second kappa shape index (κ2) is 8.35. The summed E-state index contributed by atoms with van der Waals surface area (Å²) in [5, 5.41) is 0.275. The van der Waals surface area contributed by atoms with Gasteiger partial charge in [0.25, 0.3) is 11.8 Å². The Morgan fingerprint density at radius 3 is 2.46 bits per heavy atom. The average molecular weight is 400 g/mol. The number of nitrogens with zero attached hydrogens (tertiary/aromatic N) is 1. The van der Waals surface area contributed by atoms with E-state index in [2.05, 4.69) is 0 Å². The lowest BCUT2D eigenvalue weighted by Gasteiger charge is -2.12. The van der Waals surface area contributed by atoms with Crippen molar-refractivity contribution in [1.29, 1.82) is 0 Å². The first kappa shape index (κ1) is 19.8. The van der Waals surface area contributed by atoms with E-state index in [1.54, 1.807) is 24.3 Å². The Hall–Kier alpha value is -2.99. The molecule has 7 heteroatoms. The van der Waals surface area contributed by atoms with Crippen molar-refractivity contribution < 1.29 is 23.9 Å². The van der Waals surface area contributed by atoms with Crippen molar-refractivity contribution in [1.82, 2.24) is 4.90 Å². The third kappa shape index (κ3) is 3.82. The van der Waals surface area contributed by atoms with E-state index < -0.39 is 24.3 Å². The molecule has 0 fully saturated rings. The summed E-state index contributed by atoms with van der Waals surface area (Å²) in [4.78, 5) is 50.4. The smallest absolute Gasteiger partial charge is 0.338 e. The van der Waals surface area contributed by atoms with Gasteiger partial charge in [-0.1, -0.05) is 37.1 Å². The predicted molar refractivity (Wildman–Crippen MR) is 103 cm³/mol. The summed E-state index contributed by atoms with van der Waals surface area (Å²) in [6.45, 7) is 1.83. The first-order valence-electron chi connectivity index (χ1n) is 8.89. The number of hydrogen-bond donors (Lipinski definition) is 0. The Morgan fingerprint density at radius 2 is 1.75 bits per heavy atom. The fourth-order valence-corrected chi connectivity index (χ4v) is 3.16. The third-order valence-corrected chi connectivity index (χ3v) is 4.78. The van der Waals surface area contributed by atoms with E-state index in [1.807, 2.05) is 6.92 Å². The quantitative estimate of drug-likeness (QED) is 0.402. The van der Waals surface area contributed by atoms with E-state index in [9.17, 15) is 19.2 Å². The van der Waals surface area contributed by atoms with Crippen LogP contribution in [0.25, 0.3) is 0 Å². The van der Waals surface area contributed by atoms with Crippen molar-refractivity contribution in [2.75, 3.05) is 13.2 Å². The zero-order valence-corrected chi connectivity index (χ0v) is 16.0. The summed E-state index contributed by atoms with van der Waals surface area (Å²) in [6.07, 6.45) is 1.56. The molecule has 2 aromatic rings. The normalized spacial score (nSPS) is 12.9. The lowest BCUT2D eigenvalue weighted by Crippen LogP contribution is -2.30. The number of ketones is 1. The van der Waals surface area contributed by atoms with Crippen molar-refractivity contribution in [2.24, 2.45) is 0 Å². The predicted octanol–water partition coefficient (Wildman–Crippen LogP) is 3.78. The number of halogens is 1. The minimum Gasteiger partial charge on any atom is -0.454 e. The van der Waals surface area contributed by atoms with Crippen LogP contribution in [0.4, 0.5) is 0 Å². The summed E-state index contributed by atoms with van der Waals surface area (Å²) in [5.74, 6) is -1.97. The largest absolute Gasteiger partial charge is 0.454 e. The fraction of sp³-hybridized carbons (Fsp3) is 0.238. The van der Waals surface area contributed by atoms with Crippen LogP contribution < -0.4 is 0 Å². The number of imide groups is 1. The van der Waals surface area contributed by atoms with Gasteiger partial charge in [0, 0.05) is 12.1 Å². The monoisotopic (exact) mass is 399 g/mol. The van der Waals surface area contributed by atoms with Crippen LogP contribution in [0, 0.1) is 0 Å². The minimum atomic E-state index is -0.754. The van der Waals surface area contributed by atoms with Crippen LogP contribution in [0.5, 0.6) is 0 Å². The number of carbonyl (C=O) groups is 4. The maximum Gasteiger partial charge on any atom is 0.338 e. The number of carbonyl (C=O) groups excluding carboxylic acids is 4. The summed E-state index contributed by atoms with van der Waals surface area (Å²) in [7, 11) is 0. The lowest BCUT2D eigenvalue weighted by molar-refractivity contribution is 0.0474. The van der Waals surface area contributed by atoms with Crippen LogP contribution in [-0.2, 0) is 4.74 Å². The zero-order chi connectivity index (χ0) is 20.3. The molecule has 0 unspecified atom stereocenters. The van der Waals surface area contributed by atoms with Crippen LogP contribution in [0.2, 0.25) is 5.02 Å². The molecule has 28 heavy (non-hydrogen) atoms. The number of rotatable bonds is 7. The molecule has 0 bridgehead atoms. The molecule has 3 rings (SSSR count). The van der Waals surface area contributed by atoms with Crippen LogP contribution in [0.15, 0.2) is 42.5 Å². The molecule has 0 saturated heterocycles. The standard InChI is InChI=1S/C21H18ClNO5/c1-2-3-10-23-19(25)14-9-8-13(11-16(14)20(23)26)21(27)28-12-18(24)15-6-4-5-7-17(15)22/h4-9,11H,2-3,10,12H2,1H3. The molecule has 144 valence electrons. The number of Topliss-reactive ketones (excluding diaryl/α,β-unsaturated/α-hetero) is 1. The van der Waals surface area contributed by atoms with Crippen molar-refractivity contribution in [2.45, 2.75) is 19.8 Å². The molecule has 1 heterocycles. The Kier molecular flexibility index (Phi) is 5.90. The second-order valence-corrected chi connectivity index (χ2v) is 6.76. The lowest BCUT2D eigenvalue weighted by atomic mass is 10.1. The first-order chi connectivity index (χ1) is 13.4. The molecule has 0 radical (unpaired) electrons. The highest BCUT2D eigenvalue weighted by atomic mass is 35.5. The van der Waals surface area contributed by atoms with Gasteiger partial charge in [0.1, 0.15) is 0 Å². The molecule has 2 aromatic carbocycles. The van der Waals surface area contributed by atoms with Gasteiger partial charge in [0.15, 0.2) is 6.61 Å². The first-order valence-corrected chi connectivity index (χ1v) is 9.27. The van der Waals surface area contributed by atoms with Crippen LogP contribution in [-0.4, -0.2) is 41.6 Å². The Bertz CT molecular complexity index is 969. The topological polar surface area (TPSA) is 80.8 Å². The van der Waals surface area contributed by atoms with E-state index in [0.29, 0.717) is 13.0 Å². The molecule has 1 aliphatic heterocycles. The van der Waals surface area contributed by atoms with E-state index >= 15 is 0 Å². The molecule has 0 atom stereocenters. The molecule has 0 saturated carbocycles. The molecule has 0 aliphatic carbocycles. The average Bonchev–Trinajstić information content (AvgIpc) is 2.94. The van der Waals surface area contributed by atoms with Gasteiger partial charge < -0.3 is 4.74 Å². The number of benzene rings is 2. The number of fused-ring (bicyclic) bond motifs is 1. The van der Waals surface area contributed by atoms with Crippen molar-refractivity contribution in [3.8, 4) is 0 Å². The van der Waals surface area contributed by atoms with Gasteiger partial charge in [-0.2, -0.15) is 0 Å². The Labute approximate surface area is 167 Å². The van der Waals surface area contributed by atoms with Crippen molar-refractivity contribution in [3.05, 3.63) is 69.7 Å². The van der Waals surface area contributed by atoms with Crippen molar-refractivity contribution >= 4 is 35.2 Å². The molecule has 0 aromatic heterocycles. The molecule has 0 N–H and O–H groups in total. The number of esters is 1. The van der Waals surface area contributed by atoms with Gasteiger partial charge >= 0.3 is 5.97 Å². The van der Waals surface area contributed by atoms with E-state index in [1.165, 1.54) is 23.1 Å². The molecule has 0 spiro atoms. The third-order valence-electron chi connectivity index (χ3n) is 4.45. The van der Waals surface area contributed by atoms with Gasteiger partial charge in [0.05, 0.1) is 21.7 Å².